The van der Waals surface area contributed by atoms with E-state index in [-0.39, 0.29) is 0 Å². The number of aromatic hydroxyl groups is 1. The first-order valence-electron chi connectivity index (χ1n) is 7.11. The summed E-state index contributed by atoms with van der Waals surface area (Å²) in [6.45, 7) is 0. The van der Waals surface area contributed by atoms with Gasteiger partial charge in [-0.2, -0.15) is 0 Å². The fraction of sp³-hybridized carbons (Fsp3) is 0. The molecule has 0 aliphatic heterocycles. The predicted molar refractivity (Wildman–Crippen MR) is 87.5 cm³/mol. The maximum Gasteiger partial charge on any atom is 0.123 e. The number of phenolic OH excluding ortho intramolecular Hbond substituents is 1. The average molecular weight is 268 g/mol. The minimum atomic E-state index is 0.355. The summed E-state index contributed by atoms with van der Waals surface area (Å²) < 4.78 is 0. The Hall–Kier alpha value is -2.80. The van der Waals surface area contributed by atoms with Crippen molar-refractivity contribution in [1.82, 2.24) is 0 Å². The summed E-state index contributed by atoms with van der Waals surface area (Å²) in [6.07, 6.45) is 0. The minimum absolute atomic E-state index is 0.355. The van der Waals surface area contributed by atoms with Crippen LogP contribution < -0.4 is 0 Å². The van der Waals surface area contributed by atoms with E-state index in [0.29, 0.717) is 5.75 Å². The van der Waals surface area contributed by atoms with Gasteiger partial charge in [0.25, 0.3) is 0 Å². The highest BCUT2D eigenvalue weighted by Crippen LogP contribution is 2.50. The molecular weight excluding hydrogens is 256 g/mol. The molecule has 0 saturated carbocycles. The van der Waals surface area contributed by atoms with Gasteiger partial charge in [-0.3, -0.25) is 0 Å². The van der Waals surface area contributed by atoms with E-state index >= 15 is 0 Å². The lowest BCUT2D eigenvalue weighted by Crippen LogP contribution is -1.78. The SMILES string of the molecule is Oc1ccc2c3c(cccc13)-c1cc3ccccc3cc1-2. The van der Waals surface area contributed by atoms with Crippen LogP contribution in [0.2, 0.25) is 0 Å². The Morgan fingerprint density at radius 2 is 1.24 bits per heavy atom. The second-order valence-corrected chi connectivity index (χ2v) is 5.61. The molecule has 0 amide bonds. The fourth-order valence-corrected chi connectivity index (χ4v) is 3.53. The number of phenols is 1. The normalized spacial score (nSPS) is 12.0. The van der Waals surface area contributed by atoms with Crippen LogP contribution in [0.5, 0.6) is 5.75 Å². The van der Waals surface area contributed by atoms with Gasteiger partial charge in [0, 0.05) is 10.8 Å². The molecule has 0 heterocycles. The van der Waals surface area contributed by atoms with E-state index in [1.807, 2.05) is 18.2 Å². The third kappa shape index (κ3) is 1.30. The molecule has 1 nitrogen and oxygen atoms in total. The minimum Gasteiger partial charge on any atom is -0.507 e. The summed E-state index contributed by atoms with van der Waals surface area (Å²) in [5.74, 6) is 0.355. The second kappa shape index (κ2) is 3.64. The van der Waals surface area contributed by atoms with Gasteiger partial charge in [0.2, 0.25) is 0 Å². The van der Waals surface area contributed by atoms with Crippen LogP contribution in [0, 0.1) is 0 Å². The zero-order valence-corrected chi connectivity index (χ0v) is 11.3. The summed E-state index contributed by atoms with van der Waals surface area (Å²) in [4.78, 5) is 0. The fourth-order valence-electron chi connectivity index (χ4n) is 3.53. The van der Waals surface area contributed by atoms with Gasteiger partial charge in [-0.05, 0) is 51.2 Å². The van der Waals surface area contributed by atoms with E-state index in [0.717, 1.165) is 5.39 Å². The first-order chi connectivity index (χ1) is 10.3. The summed E-state index contributed by atoms with van der Waals surface area (Å²) in [5.41, 5.74) is 4.97. The van der Waals surface area contributed by atoms with Crippen molar-refractivity contribution in [2.24, 2.45) is 0 Å². The Morgan fingerprint density at radius 1 is 0.571 bits per heavy atom. The molecule has 0 fully saturated rings. The van der Waals surface area contributed by atoms with Crippen molar-refractivity contribution in [2.75, 3.05) is 0 Å². The van der Waals surface area contributed by atoms with Crippen LogP contribution in [0.15, 0.2) is 66.7 Å². The molecule has 1 aliphatic carbocycles. The predicted octanol–water partition coefficient (Wildman–Crippen LogP) is 5.35. The van der Waals surface area contributed by atoms with Crippen molar-refractivity contribution in [3.8, 4) is 28.0 Å². The number of rotatable bonds is 0. The monoisotopic (exact) mass is 268 g/mol. The smallest absolute Gasteiger partial charge is 0.123 e. The summed E-state index contributed by atoms with van der Waals surface area (Å²) in [5, 5.41) is 14.7. The molecule has 1 N–H and O–H groups in total. The van der Waals surface area contributed by atoms with E-state index < -0.39 is 0 Å². The lowest BCUT2D eigenvalue weighted by Gasteiger charge is -2.05. The molecule has 0 bridgehead atoms. The van der Waals surface area contributed by atoms with Crippen molar-refractivity contribution in [3.63, 3.8) is 0 Å². The first-order valence-corrected chi connectivity index (χ1v) is 7.11. The van der Waals surface area contributed by atoms with Crippen molar-refractivity contribution in [2.45, 2.75) is 0 Å². The summed E-state index contributed by atoms with van der Waals surface area (Å²) in [7, 11) is 0. The highest BCUT2D eigenvalue weighted by atomic mass is 16.3. The van der Waals surface area contributed by atoms with Gasteiger partial charge in [-0.1, -0.05) is 48.5 Å². The van der Waals surface area contributed by atoms with Crippen molar-refractivity contribution in [3.05, 3.63) is 66.7 Å². The number of hydrogen-bond donors (Lipinski definition) is 1. The van der Waals surface area contributed by atoms with Gasteiger partial charge in [-0.25, -0.2) is 0 Å². The van der Waals surface area contributed by atoms with Crippen molar-refractivity contribution >= 4 is 21.5 Å². The van der Waals surface area contributed by atoms with Gasteiger partial charge >= 0.3 is 0 Å². The lowest BCUT2D eigenvalue weighted by molar-refractivity contribution is 0.482. The molecule has 0 spiro atoms. The number of hydrogen-bond acceptors (Lipinski definition) is 1. The van der Waals surface area contributed by atoms with Gasteiger partial charge in [0.15, 0.2) is 0 Å². The third-order valence-corrected chi connectivity index (χ3v) is 4.48. The Kier molecular flexibility index (Phi) is 1.90. The Bertz CT molecular complexity index is 995. The Morgan fingerprint density at radius 3 is 1.95 bits per heavy atom. The largest absolute Gasteiger partial charge is 0.507 e. The first kappa shape index (κ1) is 10.9. The van der Waals surface area contributed by atoms with Gasteiger partial charge in [-0.15, -0.1) is 0 Å². The van der Waals surface area contributed by atoms with E-state index in [1.165, 1.54) is 38.4 Å². The average Bonchev–Trinajstić information content (AvgIpc) is 2.84. The highest BCUT2D eigenvalue weighted by Gasteiger charge is 2.22. The molecule has 98 valence electrons. The Labute approximate surface area is 122 Å². The van der Waals surface area contributed by atoms with Crippen molar-refractivity contribution < 1.29 is 5.11 Å². The van der Waals surface area contributed by atoms with E-state index in [2.05, 4.69) is 42.5 Å². The number of fused-ring (bicyclic) bond motifs is 4. The molecule has 1 heteroatoms. The van der Waals surface area contributed by atoms with Gasteiger partial charge in [0.1, 0.15) is 5.75 Å². The third-order valence-electron chi connectivity index (χ3n) is 4.48. The van der Waals surface area contributed by atoms with Crippen LogP contribution in [0.25, 0.3) is 43.8 Å². The lowest BCUT2D eigenvalue weighted by atomic mass is 9.99. The molecule has 0 saturated heterocycles. The van der Waals surface area contributed by atoms with Crippen molar-refractivity contribution in [1.29, 1.82) is 0 Å². The zero-order chi connectivity index (χ0) is 14.0. The molecule has 4 aromatic carbocycles. The van der Waals surface area contributed by atoms with E-state index in [4.69, 9.17) is 0 Å². The summed E-state index contributed by atoms with van der Waals surface area (Å²) >= 11 is 0. The van der Waals surface area contributed by atoms with Crippen LogP contribution in [-0.2, 0) is 0 Å². The quantitative estimate of drug-likeness (QED) is 0.401. The van der Waals surface area contributed by atoms with Crippen LogP contribution in [-0.4, -0.2) is 5.11 Å². The highest BCUT2D eigenvalue weighted by molar-refractivity contribution is 6.18. The molecule has 0 atom stereocenters. The van der Waals surface area contributed by atoms with Crippen LogP contribution in [0.1, 0.15) is 0 Å². The second-order valence-electron chi connectivity index (χ2n) is 5.61. The van der Waals surface area contributed by atoms with Crippen LogP contribution >= 0.6 is 0 Å². The molecule has 1 aliphatic rings. The Balaban J connectivity index is 2.01. The van der Waals surface area contributed by atoms with E-state index in [9.17, 15) is 5.11 Å². The molecule has 0 unspecified atom stereocenters. The van der Waals surface area contributed by atoms with Gasteiger partial charge < -0.3 is 5.11 Å². The maximum atomic E-state index is 10.1. The van der Waals surface area contributed by atoms with Crippen LogP contribution in [0.3, 0.4) is 0 Å². The molecule has 5 rings (SSSR count). The molecule has 0 radical (unpaired) electrons. The van der Waals surface area contributed by atoms with Crippen LogP contribution in [0.4, 0.5) is 0 Å². The summed E-state index contributed by atoms with van der Waals surface area (Å²) in [6, 6.07) is 22.9. The number of benzene rings is 4. The topological polar surface area (TPSA) is 20.2 Å². The zero-order valence-electron chi connectivity index (χ0n) is 11.3. The molecule has 0 aromatic heterocycles. The molecule has 4 aromatic rings. The standard InChI is InChI=1S/C20H12O/c21-19-9-8-15-18-11-13-5-2-1-4-12(13)10-17(18)14-6-3-7-16(19)20(14)15/h1-11,21H. The maximum absolute atomic E-state index is 10.1. The molecular formula is C20H12O. The van der Waals surface area contributed by atoms with Gasteiger partial charge in [0.05, 0.1) is 0 Å². The van der Waals surface area contributed by atoms with E-state index in [1.54, 1.807) is 6.07 Å². The molecule has 21 heavy (non-hydrogen) atoms.